The van der Waals surface area contributed by atoms with Crippen molar-refractivity contribution in [2.24, 2.45) is 0 Å². The fourth-order valence-electron chi connectivity index (χ4n) is 1.74. The maximum atomic E-state index is 11.5. The van der Waals surface area contributed by atoms with Crippen molar-refractivity contribution in [2.45, 2.75) is 0 Å². The third-order valence-corrected chi connectivity index (χ3v) is 2.83. The van der Waals surface area contributed by atoms with Gasteiger partial charge in [0.25, 0.3) is 0 Å². The Morgan fingerprint density at radius 3 is 2.54 bits per heavy atom. The van der Waals surface area contributed by atoms with E-state index < -0.39 is 5.97 Å². The summed E-state index contributed by atoms with van der Waals surface area (Å²) in [5.74, 6) is -1.13. The summed E-state index contributed by atoms with van der Waals surface area (Å²) in [6.07, 6.45) is 12.8. The van der Waals surface area contributed by atoms with E-state index in [4.69, 9.17) is 5.11 Å². The number of carboxylic acids is 1. The van der Waals surface area contributed by atoms with Gasteiger partial charge in [0, 0.05) is 11.8 Å². The van der Waals surface area contributed by atoms with Crippen LogP contribution in [0.4, 0.5) is 5.69 Å². The molecule has 0 fully saturated rings. The Labute approximate surface area is 149 Å². The minimum atomic E-state index is -1.01. The largest absolute Gasteiger partial charge is 1.00 e. The maximum absolute atomic E-state index is 11.5. The summed E-state index contributed by atoms with van der Waals surface area (Å²) < 4.78 is 0. The van der Waals surface area contributed by atoms with Crippen molar-refractivity contribution in [3.63, 3.8) is 0 Å². The van der Waals surface area contributed by atoms with Gasteiger partial charge in [0.1, 0.15) is 0 Å². The summed E-state index contributed by atoms with van der Waals surface area (Å²) in [7, 11) is 0. The number of carbonyl (C=O) groups is 2. The van der Waals surface area contributed by atoms with Crippen LogP contribution in [0.15, 0.2) is 79.1 Å². The van der Waals surface area contributed by atoms with Crippen molar-refractivity contribution in [3.05, 3.63) is 84.6 Å². The first kappa shape index (κ1) is 19.2. The molecule has 0 bridgehead atoms. The summed E-state index contributed by atoms with van der Waals surface area (Å²) in [6, 6.07) is 6.52. The number of benzene rings is 1. The molecule has 0 spiro atoms. The number of ketones is 1. The van der Waals surface area contributed by atoms with E-state index in [0.29, 0.717) is 11.3 Å². The predicted molar refractivity (Wildman–Crippen MR) is 86.0 cm³/mol. The van der Waals surface area contributed by atoms with E-state index in [2.05, 4.69) is 15.3 Å². The van der Waals surface area contributed by atoms with Crippen LogP contribution in [-0.4, -0.2) is 21.8 Å². The van der Waals surface area contributed by atoms with E-state index >= 15 is 0 Å². The van der Waals surface area contributed by atoms with Crippen LogP contribution >= 0.6 is 0 Å². The van der Waals surface area contributed by atoms with Crippen molar-refractivity contribution in [1.82, 2.24) is 9.97 Å². The molecule has 0 saturated heterocycles. The van der Waals surface area contributed by atoms with Crippen LogP contribution in [0.3, 0.4) is 0 Å². The van der Waals surface area contributed by atoms with Crippen LogP contribution in [0, 0.1) is 0 Å². The molecule has 1 aromatic heterocycles. The average Bonchev–Trinajstić information content (AvgIpc) is 3.14. The molecule has 1 heterocycles. The molecule has 1 aromatic carbocycles. The van der Waals surface area contributed by atoms with Gasteiger partial charge in [0.05, 0.1) is 11.3 Å². The number of rotatable bonds is 3. The third kappa shape index (κ3) is 5.72. The predicted octanol–water partition coefficient (Wildman–Crippen LogP) is 2.41. The number of imidazole rings is 1. The zero-order valence-corrected chi connectivity index (χ0v) is 13.3. The molecule has 3 rings (SSSR count). The SMILES string of the molecule is O=C1C=CC=CC1=CNc1ccccc1C(=O)O.[Cu+].c1c[n-]cn1. The molecular weight excluding hydrogens is 358 g/mol. The summed E-state index contributed by atoms with van der Waals surface area (Å²) in [4.78, 5) is 29.7. The van der Waals surface area contributed by atoms with Gasteiger partial charge in [-0.3, -0.25) is 4.79 Å². The molecule has 0 amide bonds. The molecule has 1 aliphatic carbocycles. The molecule has 24 heavy (non-hydrogen) atoms. The Bertz CT molecular complexity index is 748. The number of hydrogen-bond donors (Lipinski definition) is 2. The molecule has 2 N–H and O–H groups in total. The van der Waals surface area contributed by atoms with E-state index in [-0.39, 0.29) is 28.4 Å². The normalized spacial score (nSPS) is 13.7. The third-order valence-electron chi connectivity index (χ3n) is 2.83. The number of anilines is 1. The van der Waals surface area contributed by atoms with Crippen LogP contribution < -0.4 is 10.3 Å². The number of nitrogens with one attached hydrogen (secondary N) is 1. The van der Waals surface area contributed by atoms with Gasteiger partial charge in [-0.15, -0.1) is 0 Å². The first-order valence-electron chi connectivity index (χ1n) is 6.73. The molecule has 0 aliphatic heterocycles. The number of aromatic carboxylic acids is 1. The standard InChI is InChI=1S/C14H11NO3.C3H3N2.Cu/c16-13-8-4-1-5-10(13)9-15-12-7-3-2-6-11(12)14(17)18;1-2-5-3-4-1;/h1-9,15H,(H,17,18);1-3H;/q;-1;+1. The quantitative estimate of drug-likeness (QED) is 0.635. The smallest absolute Gasteiger partial charge is 0.478 e. The second-order valence-electron chi connectivity index (χ2n) is 4.39. The monoisotopic (exact) mass is 371 g/mol. The zero-order chi connectivity index (χ0) is 16.5. The number of hydrogen-bond acceptors (Lipinski definition) is 4. The van der Waals surface area contributed by atoms with Crippen LogP contribution in [-0.2, 0) is 21.9 Å². The Hall–Kier alpha value is -2.89. The number of carboxylic acid groups (broad SMARTS) is 1. The number of allylic oxidation sites excluding steroid dienone is 5. The maximum Gasteiger partial charge on any atom is 1.00 e. The van der Waals surface area contributed by atoms with E-state index in [1.54, 1.807) is 48.8 Å². The second kappa shape index (κ2) is 9.99. The van der Waals surface area contributed by atoms with Gasteiger partial charge in [-0.1, -0.05) is 43.0 Å². The van der Waals surface area contributed by atoms with Gasteiger partial charge in [-0.25, -0.2) is 4.79 Å². The van der Waals surface area contributed by atoms with Crippen molar-refractivity contribution in [2.75, 3.05) is 5.32 Å². The molecule has 0 saturated carbocycles. The van der Waals surface area contributed by atoms with Crippen LogP contribution in [0.1, 0.15) is 10.4 Å². The van der Waals surface area contributed by atoms with E-state index in [1.165, 1.54) is 24.7 Å². The van der Waals surface area contributed by atoms with Crippen molar-refractivity contribution >= 4 is 17.4 Å². The van der Waals surface area contributed by atoms with E-state index in [0.717, 1.165) is 0 Å². The fourth-order valence-corrected chi connectivity index (χ4v) is 1.74. The van der Waals surface area contributed by atoms with Crippen LogP contribution in [0.25, 0.3) is 0 Å². The molecule has 0 radical (unpaired) electrons. The van der Waals surface area contributed by atoms with Crippen LogP contribution in [0.5, 0.6) is 0 Å². The molecule has 126 valence electrons. The van der Waals surface area contributed by atoms with Gasteiger partial charge < -0.3 is 20.4 Å². The Morgan fingerprint density at radius 2 is 1.96 bits per heavy atom. The summed E-state index contributed by atoms with van der Waals surface area (Å²) >= 11 is 0. The average molecular weight is 372 g/mol. The number of aromatic nitrogens is 2. The molecule has 1 aliphatic rings. The number of carbonyl (C=O) groups excluding carboxylic acids is 1. The van der Waals surface area contributed by atoms with Crippen LogP contribution in [0.2, 0.25) is 0 Å². The van der Waals surface area contributed by atoms with Gasteiger partial charge in [0.15, 0.2) is 5.78 Å². The molecule has 0 unspecified atom stereocenters. The molecule has 2 aromatic rings. The first-order chi connectivity index (χ1) is 11.2. The van der Waals surface area contributed by atoms with Crippen molar-refractivity contribution < 1.29 is 31.8 Å². The van der Waals surface area contributed by atoms with Gasteiger partial charge in [-0.2, -0.15) is 0 Å². The number of nitrogens with zero attached hydrogens (tertiary/aromatic N) is 2. The van der Waals surface area contributed by atoms with Crippen molar-refractivity contribution in [1.29, 1.82) is 0 Å². The summed E-state index contributed by atoms with van der Waals surface area (Å²) in [5.41, 5.74) is 1.10. The Kier molecular flexibility index (Phi) is 7.98. The van der Waals surface area contributed by atoms with E-state index in [9.17, 15) is 9.59 Å². The minimum Gasteiger partial charge on any atom is -0.478 e. The Morgan fingerprint density at radius 1 is 1.21 bits per heavy atom. The summed E-state index contributed by atoms with van der Waals surface area (Å²) in [5, 5.41) is 11.8. The van der Waals surface area contributed by atoms with Crippen molar-refractivity contribution in [3.8, 4) is 0 Å². The topological polar surface area (TPSA) is 93.4 Å². The Balaban J connectivity index is 0.000000412. The molecule has 0 atom stereocenters. The summed E-state index contributed by atoms with van der Waals surface area (Å²) in [6.45, 7) is 0. The second-order valence-corrected chi connectivity index (χ2v) is 4.39. The minimum absolute atomic E-state index is 0. The first-order valence-corrected chi connectivity index (χ1v) is 6.73. The molecule has 6 nitrogen and oxygen atoms in total. The fraction of sp³-hybridized carbons (Fsp3) is 0. The van der Waals surface area contributed by atoms with E-state index in [1.807, 2.05) is 0 Å². The molecule has 7 heteroatoms. The molecular formula is C17H14CuN3O3. The van der Waals surface area contributed by atoms with Gasteiger partial charge in [0.2, 0.25) is 0 Å². The zero-order valence-electron chi connectivity index (χ0n) is 12.4. The van der Waals surface area contributed by atoms with Gasteiger partial charge in [-0.05, 0) is 24.3 Å². The number of para-hydroxylation sites is 1. The van der Waals surface area contributed by atoms with Gasteiger partial charge >= 0.3 is 23.0 Å².